The quantitative estimate of drug-likeness (QED) is 0.798. The molecule has 2 aliphatic carbocycles. The van der Waals surface area contributed by atoms with E-state index in [0.717, 1.165) is 37.4 Å². The van der Waals surface area contributed by atoms with E-state index in [4.69, 9.17) is 0 Å². The van der Waals surface area contributed by atoms with Gasteiger partial charge in [-0.15, -0.1) is 0 Å². The van der Waals surface area contributed by atoms with Crippen molar-refractivity contribution in [2.75, 3.05) is 26.7 Å². The molecule has 0 bridgehead atoms. The van der Waals surface area contributed by atoms with Crippen LogP contribution in [0.1, 0.15) is 44.9 Å². The molecule has 3 fully saturated rings. The van der Waals surface area contributed by atoms with E-state index in [2.05, 4.69) is 10.2 Å². The third-order valence-electron chi connectivity index (χ3n) is 5.27. The number of carbonyl (C=O) groups excluding carboxylic acids is 1. The highest BCUT2D eigenvalue weighted by molar-refractivity contribution is 5.80. The van der Waals surface area contributed by atoms with Crippen molar-refractivity contribution in [2.45, 2.75) is 44.9 Å². The highest BCUT2D eigenvalue weighted by atomic mass is 16.2. The summed E-state index contributed by atoms with van der Waals surface area (Å²) >= 11 is 0. The lowest BCUT2D eigenvalue weighted by Crippen LogP contribution is -2.43. The largest absolute Gasteiger partial charge is 0.342 e. The van der Waals surface area contributed by atoms with Crippen molar-refractivity contribution in [1.29, 1.82) is 0 Å². The second-order valence-corrected chi connectivity index (χ2v) is 6.86. The number of nitrogens with zero attached hydrogens (tertiary/aromatic N) is 1. The maximum absolute atomic E-state index is 12.7. The molecule has 0 radical (unpaired) electrons. The third-order valence-corrected chi connectivity index (χ3v) is 5.27. The van der Waals surface area contributed by atoms with Gasteiger partial charge in [0.25, 0.3) is 0 Å². The molecule has 3 heteroatoms. The van der Waals surface area contributed by atoms with Crippen molar-refractivity contribution >= 4 is 5.91 Å². The molecular formula is C16H28N2O. The van der Waals surface area contributed by atoms with Crippen LogP contribution < -0.4 is 5.32 Å². The maximum Gasteiger partial charge on any atom is 0.226 e. The van der Waals surface area contributed by atoms with Crippen LogP contribution in [0.25, 0.3) is 0 Å². The van der Waals surface area contributed by atoms with Gasteiger partial charge in [0.05, 0.1) is 0 Å². The minimum Gasteiger partial charge on any atom is -0.342 e. The van der Waals surface area contributed by atoms with E-state index in [1.165, 1.54) is 44.9 Å². The molecule has 2 saturated carbocycles. The average molecular weight is 264 g/mol. The lowest BCUT2D eigenvalue weighted by Gasteiger charge is -2.34. The summed E-state index contributed by atoms with van der Waals surface area (Å²) in [6.45, 7) is 3.15. The maximum atomic E-state index is 12.7. The van der Waals surface area contributed by atoms with Crippen molar-refractivity contribution in [3.63, 3.8) is 0 Å². The third kappa shape index (κ3) is 3.31. The summed E-state index contributed by atoms with van der Waals surface area (Å²) < 4.78 is 0. The highest BCUT2D eigenvalue weighted by Gasteiger charge is 2.47. The molecule has 1 aliphatic heterocycles. The molecule has 0 aromatic carbocycles. The molecule has 0 unspecified atom stereocenters. The summed E-state index contributed by atoms with van der Waals surface area (Å²) in [5.41, 5.74) is 0. The Hall–Kier alpha value is -0.570. The van der Waals surface area contributed by atoms with Crippen molar-refractivity contribution in [1.82, 2.24) is 10.2 Å². The number of nitrogens with one attached hydrogen (secondary N) is 1. The van der Waals surface area contributed by atoms with Gasteiger partial charge in [-0.05, 0) is 76.3 Å². The fourth-order valence-corrected chi connectivity index (χ4v) is 3.70. The molecule has 19 heavy (non-hydrogen) atoms. The first-order chi connectivity index (χ1) is 9.29. The predicted molar refractivity (Wildman–Crippen MR) is 76.8 cm³/mol. The van der Waals surface area contributed by atoms with Crippen LogP contribution >= 0.6 is 0 Å². The van der Waals surface area contributed by atoms with Crippen LogP contribution in [0.2, 0.25) is 0 Å². The number of carbonyl (C=O) groups is 1. The summed E-state index contributed by atoms with van der Waals surface area (Å²) in [6.07, 6.45) is 8.95. The Morgan fingerprint density at radius 3 is 2.16 bits per heavy atom. The Labute approximate surface area is 117 Å². The molecule has 1 saturated heterocycles. The van der Waals surface area contributed by atoms with Gasteiger partial charge in [-0.1, -0.05) is 0 Å². The zero-order chi connectivity index (χ0) is 13.2. The van der Waals surface area contributed by atoms with Gasteiger partial charge in [0.15, 0.2) is 0 Å². The Morgan fingerprint density at radius 1 is 1.11 bits per heavy atom. The molecule has 1 N–H and O–H groups in total. The second kappa shape index (κ2) is 5.82. The van der Waals surface area contributed by atoms with Crippen LogP contribution in [0.4, 0.5) is 0 Å². The van der Waals surface area contributed by atoms with Crippen LogP contribution in [-0.2, 0) is 4.79 Å². The highest BCUT2D eigenvalue weighted by Crippen LogP contribution is 2.50. The Morgan fingerprint density at radius 2 is 1.68 bits per heavy atom. The summed E-state index contributed by atoms with van der Waals surface area (Å²) in [5, 5.41) is 3.23. The van der Waals surface area contributed by atoms with E-state index in [1.807, 2.05) is 7.05 Å². The lowest BCUT2D eigenvalue weighted by molar-refractivity contribution is -0.138. The van der Waals surface area contributed by atoms with Crippen LogP contribution in [0.3, 0.4) is 0 Å². The second-order valence-electron chi connectivity index (χ2n) is 6.86. The van der Waals surface area contributed by atoms with Gasteiger partial charge >= 0.3 is 0 Å². The number of rotatable bonds is 6. The van der Waals surface area contributed by atoms with E-state index < -0.39 is 0 Å². The standard InChI is InChI=1S/C16H28N2O/c1-17-9-6-12-7-10-18(11-8-12)16(19)15(13-2-3-13)14-4-5-14/h12-15,17H,2-11H2,1H3. The van der Waals surface area contributed by atoms with Crippen molar-refractivity contribution < 1.29 is 4.79 Å². The van der Waals surface area contributed by atoms with E-state index in [1.54, 1.807) is 0 Å². The van der Waals surface area contributed by atoms with Crippen molar-refractivity contribution in [2.24, 2.45) is 23.7 Å². The van der Waals surface area contributed by atoms with E-state index in [-0.39, 0.29) is 0 Å². The molecule has 0 spiro atoms. The van der Waals surface area contributed by atoms with Gasteiger partial charge in [-0.25, -0.2) is 0 Å². The van der Waals surface area contributed by atoms with Gasteiger partial charge in [-0.3, -0.25) is 4.79 Å². The lowest BCUT2D eigenvalue weighted by atomic mass is 9.90. The number of piperidine rings is 1. The summed E-state index contributed by atoms with van der Waals surface area (Å²) in [6, 6.07) is 0. The normalized spacial score (nSPS) is 25.1. The van der Waals surface area contributed by atoms with Gasteiger partial charge in [0.2, 0.25) is 5.91 Å². The van der Waals surface area contributed by atoms with Crippen LogP contribution in [0.15, 0.2) is 0 Å². The summed E-state index contributed by atoms with van der Waals surface area (Å²) in [4.78, 5) is 14.9. The first-order valence-corrected chi connectivity index (χ1v) is 8.23. The predicted octanol–water partition coefficient (Wildman–Crippen LogP) is 2.27. The van der Waals surface area contributed by atoms with Gasteiger partial charge in [-0.2, -0.15) is 0 Å². The number of amides is 1. The molecule has 3 rings (SSSR count). The molecular weight excluding hydrogens is 236 g/mol. The molecule has 0 aromatic heterocycles. The van der Waals surface area contributed by atoms with Gasteiger partial charge in [0, 0.05) is 19.0 Å². The van der Waals surface area contributed by atoms with E-state index in [0.29, 0.717) is 11.8 Å². The SMILES string of the molecule is CNCCC1CCN(C(=O)C(C2CC2)C2CC2)CC1. The Balaban J connectivity index is 1.48. The van der Waals surface area contributed by atoms with E-state index >= 15 is 0 Å². The van der Waals surface area contributed by atoms with Gasteiger partial charge < -0.3 is 10.2 Å². The zero-order valence-corrected chi connectivity index (χ0v) is 12.2. The fourth-order valence-electron chi connectivity index (χ4n) is 3.70. The molecule has 108 valence electrons. The molecule has 1 amide bonds. The smallest absolute Gasteiger partial charge is 0.226 e. The first kappa shape index (κ1) is 13.4. The van der Waals surface area contributed by atoms with Crippen LogP contribution in [-0.4, -0.2) is 37.5 Å². The van der Waals surface area contributed by atoms with Crippen molar-refractivity contribution in [3.8, 4) is 0 Å². The van der Waals surface area contributed by atoms with Crippen LogP contribution in [0, 0.1) is 23.7 Å². The number of hydrogen-bond acceptors (Lipinski definition) is 2. The molecule has 3 nitrogen and oxygen atoms in total. The summed E-state index contributed by atoms with van der Waals surface area (Å²) in [5.74, 6) is 3.26. The van der Waals surface area contributed by atoms with Crippen molar-refractivity contribution in [3.05, 3.63) is 0 Å². The number of likely N-dealkylation sites (tertiary alicyclic amines) is 1. The first-order valence-electron chi connectivity index (χ1n) is 8.23. The molecule has 3 aliphatic rings. The Bertz CT molecular complexity index is 303. The Kier molecular flexibility index (Phi) is 4.11. The molecule has 0 atom stereocenters. The monoisotopic (exact) mass is 264 g/mol. The van der Waals surface area contributed by atoms with Crippen LogP contribution in [0.5, 0.6) is 0 Å². The average Bonchev–Trinajstić information content (AvgIpc) is 3.31. The molecule has 0 aromatic rings. The van der Waals surface area contributed by atoms with E-state index in [9.17, 15) is 4.79 Å². The minimum absolute atomic E-state index is 0.411. The summed E-state index contributed by atoms with van der Waals surface area (Å²) in [7, 11) is 2.02. The fraction of sp³-hybridized carbons (Fsp3) is 0.938. The number of hydrogen-bond donors (Lipinski definition) is 1. The zero-order valence-electron chi connectivity index (χ0n) is 12.2. The molecule has 1 heterocycles. The minimum atomic E-state index is 0.411. The van der Waals surface area contributed by atoms with Gasteiger partial charge in [0.1, 0.15) is 0 Å². The topological polar surface area (TPSA) is 32.3 Å².